The van der Waals surface area contributed by atoms with Gasteiger partial charge in [-0.05, 0) is 37.6 Å². The van der Waals surface area contributed by atoms with Gasteiger partial charge < -0.3 is 15.4 Å². The summed E-state index contributed by atoms with van der Waals surface area (Å²) in [7, 11) is 0. The Morgan fingerprint density at radius 2 is 2.06 bits per heavy atom. The second kappa shape index (κ2) is 10.4. The number of H-pyrrole nitrogens is 1. The summed E-state index contributed by atoms with van der Waals surface area (Å²) in [6.45, 7) is 5.28. The molecule has 1 atom stereocenters. The molecule has 0 spiro atoms. The molecule has 0 saturated carbocycles. The first-order valence-corrected chi connectivity index (χ1v) is 12.0. The van der Waals surface area contributed by atoms with Crippen molar-refractivity contribution >= 4 is 50.8 Å². The number of aromatic nitrogens is 6. The van der Waals surface area contributed by atoms with Gasteiger partial charge in [-0.2, -0.15) is 0 Å². The minimum absolute atomic E-state index is 0.197. The molecular weight excluding hydrogens is 509 g/mol. The molecule has 0 aliphatic heterocycles. The maximum absolute atomic E-state index is 14.1. The molecule has 3 N–H and O–H groups in total. The number of carboxylic acids is 1. The number of anilines is 1. The van der Waals surface area contributed by atoms with Crippen LogP contribution in [0.3, 0.4) is 0 Å². The molecule has 5 aromatic rings. The van der Waals surface area contributed by atoms with Crippen LogP contribution in [0.4, 0.5) is 10.2 Å². The summed E-state index contributed by atoms with van der Waals surface area (Å²) in [4.78, 5) is 43.7. The predicted octanol–water partition coefficient (Wildman–Crippen LogP) is 4.84. The number of carboxylic acid groups (broad SMARTS) is 1. The van der Waals surface area contributed by atoms with Crippen LogP contribution in [0.2, 0.25) is 5.02 Å². The van der Waals surface area contributed by atoms with Crippen LogP contribution in [0.1, 0.15) is 37.7 Å². The van der Waals surface area contributed by atoms with Gasteiger partial charge in [0, 0.05) is 22.5 Å². The Morgan fingerprint density at radius 3 is 2.75 bits per heavy atom. The van der Waals surface area contributed by atoms with Gasteiger partial charge in [0.1, 0.15) is 17.7 Å². The number of hydrogen-bond acceptors (Lipinski definition) is 8. The maximum atomic E-state index is 14.1. The highest BCUT2D eigenvalue weighted by atomic mass is 35.5. The van der Waals surface area contributed by atoms with Gasteiger partial charge in [0.25, 0.3) is 5.56 Å². The summed E-state index contributed by atoms with van der Waals surface area (Å²) in [6.07, 6.45) is 3.15. The van der Waals surface area contributed by atoms with Gasteiger partial charge in [-0.3, -0.25) is 14.0 Å². The van der Waals surface area contributed by atoms with E-state index in [0.29, 0.717) is 33.2 Å². The third-order valence-electron chi connectivity index (χ3n) is 5.21. The van der Waals surface area contributed by atoms with Crippen LogP contribution in [0, 0.1) is 12.7 Å². The number of nitrogens with one attached hydrogen (secondary N) is 2. The van der Waals surface area contributed by atoms with Crippen molar-refractivity contribution in [1.82, 2.24) is 29.3 Å². The number of aryl methyl sites for hydroxylation is 1. The Bertz CT molecular complexity index is 1610. The van der Waals surface area contributed by atoms with Crippen LogP contribution in [0.15, 0.2) is 41.0 Å². The van der Waals surface area contributed by atoms with Gasteiger partial charge in [-0.25, -0.2) is 24.3 Å². The summed E-state index contributed by atoms with van der Waals surface area (Å²) < 4.78 is 15.7. The Kier molecular flexibility index (Phi) is 7.27. The zero-order chi connectivity index (χ0) is 26.0. The number of aliphatic carboxylic acids is 1. The lowest BCUT2D eigenvalue weighted by Crippen LogP contribution is -2.23. The fraction of sp³-hybridized carbons (Fsp3) is 0.217. The lowest BCUT2D eigenvalue weighted by Gasteiger charge is -2.18. The van der Waals surface area contributed by atoms with E-state index in [1.165, 1.54) is 40.5 Å². The largest absolute Gasteiger partial charge is 0.481 e. The molecule has 0 aliphatic carbocycles. The number of carbonyl (C=O) groups is 1. The van der Waals surface area contributed by atoms with Gasteiger partial charge in [0.2, 0.25) is 0 Å². The highest BCUT2D eigenvalue weighted by Crippen LogP contribution is 2.31. The minimum Gasteiger partial charge on any atom is -0.481 e. The number of halogens is 2. The Labute approximate surface area is 212 Å². The molecule has 5 rings (SSSR count). The molecule has 1 aromatic carbocycles. The van der Waals surface area contributed by atoms with Crippen molar-refractivity contribution < 1.29 is 14.3 Å². The summed E-state index contributed by atoms with van der Waals surface area (Å²) in [5, 5.41) is 13.0. The second-order valence-electron chi connectivity index (χ2n) is 7.77. The molecule has 4 heterocycles. The van der Waals surface area contributed by atoms with Crippen molar-refractivity contribution in [1.29, 1.82) is 0 Å². The van der Waals surface area contributed by atoms with Crippen LogP contribution in [-0.4, -0.2) is 40.4 Å². The summed E-state index contributed by atoms with van der Waals surface area (Å²) in [6, 6.07) is 3.60. The molecule has 0 fully saturated rings. The summed E-state index contributed by atoms with van der Waals surface area (Å²) in [5.74, 6) is -0.761. The third-order valence-corrected chi connectivity index (χ3v) is 6.37. The standard InChI is InChI=1S/C20H15ClFN7OS.C3H6O2/c1-9-6-31-20-28-15(10(2)27-18-16-17(24-7-23-16)25-8-26-18)14(19(30)29(9)20)11-3-12(21)5-13(22)4-11;1-2-3(4)5/h3-8,10H,1-2H3,(H2,23,24,25,26,27);2H2,1H3,(H,4,5). The van der Waals surface area contributed by atoms with Crippen LogP contribution < -0.4 is 10.9 Å². The zero-order valence-corrected chi connectivity index (χ0v) is 21.0. The van der Waals surface area contributed by atoms with Crippen molar-refractivity contribution in [3.05, 3.63) is 68.8 Å². The van der Waals surface area contributed by atoms with E-state index in [1.54, 1.807) is 13.0 Å². The molecular formula is C23H21ClFN7O3S. The van der Waals surface area contributed by atoms with Crippen molar-refractivity contribution in [2.24, 2.45) is 0 Å². The fourth-order valence-corrected chi connectivity index (χ4v) is 4.62. The highest BCUT2D eigenvalue weighted by Gasteiger charge is 2.23. The average molecular weight is 530 g/mol. The molecule has 0 aliphatic rings. The Balaban J connectivity index is 0.000000556. The number of nitrogens with zero attached hydrogens (tertiary/aromatic N) is 5. The first-order valence-electron chi connectivity index (χ1n) is 10.8. The van der Waals surface area contributed by atoms with Gasteiger partial charge in [0.15, 0.2) is 16.4 Å². The van der Waals surface area contributed by atoms with Gasteiger partial charge >= 0.3 is 5.97 Å². The number of thiazole rings is 1. The Hall–Kier alpha value is -3.90. The number of imidazole rings is 1. The molecule has 0 radical (unpaired) electrons. The van der Waals surface area contributed by atoms with E-state index < -0.39 is 17.8 Å². The normalized spacial score (nSPS) is 11.8. The topological polar surface area (TPSA) is 138 Å². The molecule has 0 bridgehead atoms. The van der Waals surface area contributed by atoms with Crippen LogP contribution >= 0.6 is 22.9 Å². The molecule has 36 heavy (non-hydrogen) atoms. The van der Waals surface area contributed by atoms with E-state index in [0.717, 1.165) is 5.69 Å². The van der Waals surface area contributed by atoms with Gasteiger partial charge in [-0.1, -0.05) is 18.5 Å². The minimum atomic E-state index is -0.745. The lowest BCUT2D eigenvalue weighted by atomic mass is 10.0. The SMILES string of the molecule is CCC(=O)O.Cc1csc2nc(C(C)Nc3ncnc4nc[nH]c34)c(-c3cc(F)cc(Cl)c3)c(=O)n12. The molecule has 13 heteroatoms. The summed E-state index contributed by atoms with van der Waals surface area (Å²) >= 11 is 7.45. The van der Waals surface area contributed by atoms with Gasteiger partial charge in [0.05, 0.1) is 23.6 Å². The van der Waals surface area contributed by atoms with Crippen molar-refractivity contribution in [2.75, 3.05) is 5.32 Å². The first kappa shape index (κ1) is 25.2. The van der Waals surface area contributed by atoms with Crippen LogP contribution in [0.5, 0.6) is 0 Å². The quantitative estimate of drug-likeness (QED) is 0.294. The second-order valence-corrected chi connectivity index (χ2v) is 9.04. The van der Waals surface area contributed by atoms with E-state index in [2.05, 4.69) is 25.3 Å². The van der Waals surface area contributed by atoms with E-state index >= 15 is 0 Å². The summed E-state index contributed by atoms with van der Waals surface area (Å²) in [5.41, 5.74) is 2.70. The van der Waals surface area contributed by atoms with E-state index in [9.17, 15) is 14.0 Å². The lowest BCUT2D eigenvalue weighted by molar-refractivity contribution is -0.136. The fourth-order valence-electron chi connectivity index (χ4n) is 3.53. The number of hydrogen-bond donors (Lipinski definition) is 3. The van der Waals surface area contributed by atoms with Crippen molar-refractivity contribution in [3.8, 4) is 11.1 Å². The molecule has 4 aromatic heterocycles. The molecule has 0 saturated heterocycles. The number of fused-ring (bicyclic) bond motifs is 2. The monoisotopic (exact) mass is 529 g/mol. The maximum Gasteiger partial charge on any atom is 0.303 e. The van der Waals surface area contributed by atoms with Crippen LogP contribution in [0.25, 0.3) is 27.3 Å². The third kappa shape index (κ3) is 5.04. The number of rotatable bonds is 5. The predicted molar refractivity (Wildman–Crippen MR) is 136 cm³/mol. The Morgan fingerprint density at radius 1 is 1.31 bits per heavy atom. The molecule has 0 amide bonds. The molecule has 10 nitrogen and oxygen atoms in total. The zero-order valence-electron chi connectivity index (χ0n) is 19.4. The number of benzene rings is 1. The highest BCUT2D eigenvalue weighted by molar-refractivity contribution is 7.15. The van der Waals surface area contributed by atoms with E-state index in [4.69, 9.17) is 21.7 Å². The van der Waals surface area contributed by atoms with Crippen LogP contribution in [-0.2, 0) is 4.79 Å². The first-order chi connectivity index (χ1) is 17.2. The molecule has 1 unspecified atom stereocenters. The van der Waals surface area contributed by atoms with Crippen molar-refractivity contribution in [3.63, 3.8) is 0 Å². The number of aromatic amines is 1. The smallest absolute Gasteiger partial charge is 0.303 e. The van der Waals surface area contributed by atoms with Gasteiger partial charge in [-0.15, -0.1) is 11.3 Å². The van der Waals surface area contributed by atoms with E-state index in [-0.39, 0.29) is 22.6 Å². The van der Waals surface area contributed by atoms with Crippen molar-refractivity contribution in [2.45, 2.75) is 33.2 Å². The average Bonchev–Trinajstić information content (AvgIpc) is 3.46. The van der Waals surface area contributed by atoms with E-state index in [1.807, 2.05) is 19.2 Å². The molecule has 186 valence electrons.